The van der Waals surface area contributed by atoms with Crippen LogP contribution in [0.4, 0.5) is 0 Å². The summed E-state index contributed by atoms with van der Waals surface area (Å²) >= 11 is 0. The van der Waals surface area contributed by atoms with Gasteiger partial charge in [-0.2, -0.15) is 0 Å². The zero-order valence-corrected chi connectivity index (χ0v) is 6.33. The van der Waals surface area contributed by atoms with Crippen LogP contribution in [0.3, 0.4) is 0 Å². The van der Waals surface area contributed by atoms with Crippen LogP contribution in [-0.2, 0) is 0 Å². The first kappa shape index (κ1) is 7.19. The molecule has 10 heavy (non-hydrogen) atoms. The van der Waals surface area contributed by atoms with Gasteiger partial charge >= 0.3 is 0 Å². The first-order valence-electron chi connectivity index (χ1n) is 3.52. The third-order valence-electron chi connectivity index (χ3n) is 1.67. The van der Waals surface area contributed by atoms with E-state index in [0.717, 1.165) is 12.1 Å². The highest BCUT2D eigenvalue weighted by Crippen LogP contribution is 2.13. The summed E-state index contributed by atoms with van der Waals surface area (Å²) < 4.78 is 0. The van der Waals surface area contributed by atoms with Crippen molar-refractivity contribution in [3.8, 4) is 0 Å². The Bertz CT molecular complexity index is 184. The van der Waals surface area contributed by atoms with Gasteiger partial charge in [0.05, 0.1) is 6.20 Å². The summed E-state index contributed by atoms with van der Waals surface area (Å²) in [4.78, 5) is 7.83. The quantitative estimate of drug-likeness (QED) is 0.617. The van der Waals surface area contributed by atoms with Crippen molar-refractivity contribution in [2.24, 2.45) is 0 Å². The van der Waals surface area contributed by atoms with E-state index in [4.69, 9.17) is 0 Å². The molecule has 0 aliphatic rings. The van der Waals surface area contributed by atoms with Crippen molar-refractivity contribution in [2.45, 2.75) is 26.2 Å². The molecule has 0 aliphatic carbocycles. The number of nitrogens with zero attached hydrogens (tertiary/aromatic N) is 2. The summed E-state index contributed by atoms with van der Waals surface area (Å²) in [5.74, 6) is 0.527. The first-order chi connectivity index (χ1) is 4.84. The maximum absolute atomic E-state index is 4.11. The molecule has 0 saturated heterocycles. The van der Waals surface area contributed by atoms with Crippen molar-refractivity contribution in [3.63, 3.8) is 0 Å². The van der Waals surface area contributed by atoms with Crippen LogP contribution < -0.4 is 0 Å². The zero-order valence-electron chi connectivity index (χ0n) is 6.33. The lowest BCUT2D eigenvalue weighted by molar-refractivity contribution is 0.704. The standard InChI is InChI=1S/C8H11N2/c1-3-7(2)8-4-5-9-6-10-8/h4,6-7H,3H2,1-2H3. The average Bonchev–Trinajstić information content (AvgIpc) is 2.05. The van der Waals surface area contributed by atoms with Gasteiger partial charge in [-0.25, -0.2) is 9.97 Å². The Balaban J connectivity index is 2.75. The largest absolute Gasteiger partial charge is 0.241 e. The van der Waals surface area contributed by atoms with Crippen LogP contribution in [0, 0.1) is 6.20 Å². The highest BCUT2D eigenvalue weighted by molar-refractivity contribution is 5.02. The summed E-state index contributed by atoms with van der Waals surface area (Å²) in [5, 5.41) is 0. The van der Waals surface area contributed by atoms with Crippen molar-refractivity contribution >= 4 is 0 Å². The molecule has 2 heteroatoms. The topological polar surface area (TPSA) is 25.8 Å². The SMILES string of the molecule is CCC(C)c1c[c]ncn1. The second-order valence-corrected chi connectivity index (χ2v) is 2.38. The molecule has 2 nitrogen and oxygen atoms in total. The Kier molecular flexibility index (Phi) is 2.37. The Labute approximate surface area is 61.3 Å². The molecule has 53 valence electrons. The van der Waals surface area contributed by atoms with Gasteiger partial charge in [-0.15, -0.1) is 0 Å². The molecule has 1 radical (unpaired) electrons. The minimum Gasteiger partial charge on any atom is -0.241 e. The highest BCUT2D eigenvalue weighted by atomic mass is 14.8. The number of rotatable bonds is 2. The van der Waals surface area contributed by atoms with E-state index in [1.165, 1.54) is 0 Å². The molecule has 0 saturated carbocycles. The lowest BCUT2D eigenvalue weighted by atomic mass is 10.1. The molecule has 1 atom stereocenters. The molecule has 1 rings (SSSR count). The second kappa shape index (κ2) is 3.30. The predicted octanol–water partition coefficient (Wildman–Crippen LogP) is 1.79. The van der Waals surface area contributed by atoms with Crippen molar-refractivity contribution < 1.29 is 0 Å². The van der Waals surface area contributed by atoms with E-state index in [0.29, 0.717) is 5.92 Å². The second-order valence-electron chi connectivity index (χ2n) is 2.38. The van der Waals surface area contributed by atoms with Gasteiger partial charge in [-0.3, -0.25) is 0 Å². The lowest BCUT2D eigenvalue weighted by Crippen LogP contribution is -1.94. The smallest absolute Gasteiger partial charge is 0.116 e. The van der Waals surface area contributed by atoms with Crippen LogP contribution in [0.5, 0.6) is 0 Å². The summed E-state index contributed by atoms with van der Waals surface area (Å²) in [6.45, 7) is 4.29. The Morgan fingerprint density at radius 2 is 2.50 bits per heavy atom. The fourth-order valence-corrected chi connectivity index (χ4v) is 0.748. The minimum atomic E-state index is 0.527. The molecule has 1 heterocycles. The Morgan fingerprint density at radius 3 is 3.00 bits per heavy atom. The monoisotopic (exact) mass is 135 g/mol. The van der Waals surface area contributed by atoms with Crippen molar-refractivity contribution in [2.75, 3.05) is 0 Å². The van der Waals surface area contributed by atoms with Crippen LogP contribution in [-0.4, -0.2) is 9.97 Å². The molecule has 0 spiro atoms. The van der Waals surface area contributed by atoms with E-state index >= 15 is 0 Å². The molecule has 0 amide bonds. The Hall–Kier alpha value is -0.920. The minimum absolute atomic E-state index is 0.527. The van der Waals surface area contributed by atoms with E-state index in [1.807, 2.05) is 6.07 Å². The van der Waals surface area contributed by atoms with Gasteiger partial charge in [0.25, 0.3) is 0 Å². The maximum atomic E-state index is 4.11. The molecule has 0 aliphatic heterocycles. The van der Waals surface area contributed by atoms with Crippen LogP contribution in [0.25, 0.3) is 0 Å². The van der Waals surface area contributed by atoms with Crippen LogP contribution in [0.15, 0.2) is 12.4 Å². The molecular formula is C8H11N2. The Morgan fingerprint density at radius 1 is 1.70 bits per heavy atom. The third kappa shape index (κ3) is 1.53. The van der Waals surface area contributed by atoms with Gasteiger partial charge in [-0.1, -0.05) is 13.8 Å². The van der Waals surface area contributed by atoms with E-state index in [9.17, 15) is 0 Å². The van der Waals surface area contributed by atoms with E-state index in [-0.39, 0.29) is 0 Å². The summed E-state index contributed by atoms with van der Waals surface area (Å²) in [5.41, 5.74) is 1.08. The van der Waals surface area contributed by atoms with Gasteiger partial charge < -0.3 is 0 Å². The summed E-state index contributed by atoms with van der Waals surface area (Å²) in [6, 6.07) is 1.84. The van der Waals surface area contributed by atoms with Gasteiger partial charge in [-0.05, 0) is 18.4 Å². The van der Waals surface area contributed by atoms with Crippen LogP contribution in [0.2, 0.25) is 0 Å². The predicted molar refractivity (Wildman–Crippen MR) is 39.6 cm³/mol. The lowest BCUT2D eigenvalue weighted by Gasteiger charge is -2.04. The van der Waals surface area contributed by atoms with Crippen molar-refractivity contribution in [1.82, 2.24) is 9.97 Å². The highest BCUT2D eigenvalue weighted by Gasteiger charge is 2.01. The van der Waals surface area contributed by atoms with Gasteiger partial charge in [0.2, 0.25) is 0 Å². The number of hydrogen-bond donors (Lipinski definition) is 0. The van der Waals surface area contributed by atoms with Crippen LogP contribution >= 0.6 is 0 Å². The molecule has 1 aromatic heterocycles. The first-order valence-corrected chi connectivity index (χ1v) is 3.52. The molecule has 1 aromatic rings. The molecule has 1 unspecified atom stereocenters. The molecule has 0 fully saturated rings. The average molecular weight is 135 g/mol. The number of aromatic nitrogens is 2. The van der Waals surface area contributed by atoms with E-state index in [2.05, 4.69) is 30.0 Å². The van der Waals surface area contributed by atoms with Crippen LogP contribution in [0.1, 0.15) is 31.9 Å². The van der Waals surface area contributed by atoms with E-state index in [1.54, 1.807) is 6.33 Å². The maximum Gasteiger partial charge on any atom is 0.116 e. The van der Waals surface area contributed by atoms with E-state index < -0.39 is 0 Å². The summed E-state index contributed by atoms with van der Waals surface area (Å²) in [6.07, 6.45) is 5.42. The molecule has 0 N–H and O–H groups in total. The fraction of sp³-hybridized carbons (Fsp3) is 0.500. The van der Waals surface area contributed by atoms with Gasteiger partial charge in [0, 0.05) is 5.69 Å². The van der Waals surface area contributed by atoms with Crippen molar-refractivity contribution in [1.29, 1.82) is 0 Å². The third-order valence-corrected chi connectivity index (χ3v) is 1.67. The van der Waals surface area contributed by atoms with Gasteiger partial charge in [0.15, 0.2) is 0 Å². The fourth-order valence-electron chi connectivity index (χ4n) is 0.748. The normalized spacial score (nSPS) is 13.0. The van der Waals surface area contributed by atoms with Gasteiger partial charge in [0.1, 0.15) is 6.33 Å². The molecular weight excluding hydrogens is 124 g/mol. The molecule has 0 bridgehead atoms. The number of hydrogen-bond acceptors (Lipinski definition) is 2. The summed E-state index contributed by atoms with van der Waals surface area (Å²) in [7, 11) is 0. The van der Waals surface area contributed by atoms with Crippen molar-refractivity contribution in [3.05, 3.63) is 24.3 Å². The molecule has 0 aromatic carbocycles. The zero-order chi connectivity index (χ0) is 7.40.